The number of carbonyl (C=O) groups excluding carboxylic acids is 1. The molecule has 0 spiro atoms. The van der Waals surface area contributed by atoms with Crippen LogP contribution in [0.5, 0.6) is 0 Å². The smallest absolute Gasteiger partial charge is 0.241 e. The molecule has 0 unspecified atom stereocenters. The van der Waals surface area contributed by atoms with E-state index in [9.17, 15) is 13.6 Å². The molecule has 0 bridgehead atoms. The third kappa shape index (κ3) is 4.38. The number of rotatable bonds is 6. The number of nitrogens with one attached hydrogen (secondary N) is 1. The maximum Gasteiger partial charge on any atom is 0.241 e. The fraction of sp³-hybridized carbons (Fsp3) is 0.200. The highest BCUT2D eigenvalue weighted by Gasteiger charge is 2.21. The molecule has 1 amide bonds. The summed E-state index contributed by atoms with van der Waals surface area (Å²) in [6.07, 6.45) is 3.61. The number of carbonyl (C=O) groups is 1. The molecule has 1 aromatic heterocycles. The zero-order valence-electron chi connectivity index (χ0n) is 15.1. The largest absolute Gasteiger partial charge is 0.320 e. The SMILES string of the molecule is C[C@H](C(=O)Nc1c(F)cccc1F)N(C)Cc1cnn(-c2ccccc2)c1. The Labute approximate surface area is 156 Å². The Balaban J connectivity index is 1.64. The van der Waals surface area contributed by atoms with Crippen LogP contribution in [0.2, 0.25) is 0 Å². The van der Waals surface area contributed by atoms with Crippen molar-refractivity contribution in [3.05, 3.63) is 78.1 Å². The fourth-order valence-electron chi connectivity index (χ4n) is 2.63. The molecule has 140 valence electrons. The van der Waals surface area contributed by atoms with Crippen LogP contribution in [0.25, 0.3) is 5.69 Å². The summed E-state index contributed by atoms with van der Waals surface area (Å²) in [5, 5.41) is 6.65. The summed E-state index contributed by atoms with van der Waals surface area (Å²) >= 11 is 0. The van der Waals surface area contributed by atoms with Gasteiger partial charge < -0.3 is 5.32 Å². The number of anilines is 1. The van der Waals surface area contributed by atoms with Gasteiger partial charge in [0.05, 0.1) is 17.9 Å². The van der Waals surface area contributed by atoms with E-state index in [2.05, 4.69) is 10.4 Å². The highest BCUT2D eigenvalue weighted by atomic mass is 19.1. The molecule has 1 atom stereocenters. The van der Waals surface area contributed by atoms with E-state index in [4.69, 9.17) is 0 Å². The van der Waals surface area contributed by atoms with Crippen LogP contribution < -0.4 is 5.32 Å². The van der Waals surface area contributed by atoms with Gasteiger partial charge in [-0.15, -0.1) is 0 Å². The molecule has 7 heteroatoms. The molecule has 0 aliphatic rings. The summed E-state index contributed by atoms with van der Waals surface area (Å²) in [5.41, 5.74) is 1.42. The summed E-state index contributed by atoms with van der Waals surface area (Å²) < 4.78 is 29.2. The molecule has 3 rings (SSSR count). The standard InChI is InChI=1S/C20H20F2N4O/c1-14(20(27)24-19-17(21)9-6-10-18(19)22)25(2)12-15-11-23-26(13-15)16-7-4-3-5-8-16/h3-11,13-14H,12H2,1-2H3,(H,24,27)/t14-/m1/s1. The molecule has 0 fully saturated rings. The van der Waals surface area contributed by atoms with E-state index in [1.807, 2.05) is 36.5 Å². The first-order valence-corrected chi connectivity index (χ1v) is 8.50. The Bertz CT molecular complexity index is 906. The van der Waals surface area contributed by atoms with Gasteiger partial charge in [-0.05, 0) is 38.2 Å². The topological polar surface area (TPSA) is 50.2 Å². The number of hydrogen-bond acceptors (Lipinski definition) is 3. The lowest BCUT2D eigenvalue weighted by atomic mass is 10.2. The van der Waals surface area contributed by atoms with E-state index >= 15 is 0 Å². The van der Waals surface area contributed by atoms with Gasteiger partial charge in [0.25, 0.3) is 0 Å². The Morgan fingerprint density at radius 2 is 1.81 bits per heavy atom. The predicted octanol–water partition coefficient (Wildman–Crippen LogP) is 3.61. The zero-order chi connectivity index (χ0) is 19.4. The molecular formula is C20H20F2N4O. The number of amides is 1. The van der Waals surface area contributed by atoms with Gasteiger partial charge in [0.1, 0.15) is 17.3 Å². The van der Waals surface area contributed by atoms with Crippen molar-refractivity contribution in [1.29, 1.82) is 0 Å². The highest BCUT2D eigenvalue weighted by molar-refractivity contribution is 5.94. The molecule has 0 aliphatic heterocycles. The number of para-hydroxylation sites is 2. The molecule has 1 N–H and O–H groups in total. The van der Waals surface area contributed by atoms with Gasteiger partial charge in [-0.3, -0.25) is 9.69 Å². The molecule has 0 aliphatic carbocycles. The van der Waals surface area contributed by atoms with Crippen LogP contribution in [-0.4, -0.2) is 33.7 Å². The van der Waals surface area contributed by atoms with Crippen LogP contribution >= 0.6 is 0 Å². The van der Waals surface area contributed by atoms with Crippen molar-refractivity contribution in [3.8, 4) is 5.69 Å². The van der Waals surface area contributed by atoms with Crippen molar-refractivity contribution >= 4 is 11.6 Å². The number of likely N-dealkylation sites (N-methyl/N-ethyl adjacent to an activating group) is 1. The minimum Gasteiger partial charge on any atom is -0.320 e. The Morgan fingerprint density at radius 3 is 2.48 bits per heavy atom. The molecule has 0 saturated heterocycles. The van der Waals surface area contributed by atoms with Crippen LogP contribution in [0.3, 0.4) is 0 Å². The highest BCUT2D eigenvalue weighted by Crippen LogP contribution is 2.19. The van der Waals surface area contributed by atoms with E-state index in [-0.39, 0.29) is 0 Å². The second-order valence-electron chi connectivity index (χ2n) is 6.31. The monoisotopic (exact) mass is 370 g/mol. The molecule has 1 heterocycles. The number of aromatic nitrogens is 2. The van der Waals surface area contributed by atoms with E-state index in [1.165, 1.54) is 6.07 Å². The van der Waals surface area contributed by atoms with Gasteiger partial charge in [0.15, 0.2) is 0 Å². The van der Waals surface area contributed by atoms with Crippen molar-refractivity contribution in [1.82, 2.24) is 14.7 Å². The van der Waals surface area contributed by atoms with E-state index < -0.39 is 29.3 Å². The van der Waals surface area contributed by atoms with E-state index in [0.717, 1.165) is 23.4 Å². The van der Waals surface area contributed by atoms with Gasteiger partial charge in [0.2, 0.25) is 5.91 Å². The maximum absolute atomic E-state index is 13.7. The molecular weight excluding hydrogens is 350 g/mol. The van der Waals surface area contributed by atoms with E-state index in [1.54, 1.807) is 29.7 Å². The Morgan fingerprint density at radius 1 is 1.15 bits per heavy atom. The lowest BCUT2D eigenvalue weighted by Crippen LogP contribution is -2.39. The molecule has 3 aromatic rings. The van der Waals surface area contributed by atoms with Crippen LogP contribution in [0.4, 0.5) is 14.5 Å². The quantitative estimate of drug-likeness (QED) is 0.721. The summed E-state index contributed by atoms with van der Waals surface area (Å²) in [6, 6.07) is 12.5. The molecule has 0 radical (unpaired) electrons. The fourth-order valence-corrected chi connectivity index (χ4v) is 2.63. The maximum atomic E-state index is 13.7. The normalized spacial score (nSPS) is 12.2. The van der Waals surface area contributed by atoms with Crippen LogP contribution in [0.1, 0.15) is 12.5 Å². The lowest BCUT2D eigenvalue weighted by Gasteiger charge is -2.23. The van der Waals surface area contributed by atoms with Crippen molar-refractivity contribution in [2.75, 3.05) is 12.4 Å². The minimum absolute atomic E-state index is 0.431. The first-order chi connectivity index (χ1) is 13.0. The van der Waals surface area contributed by atoms with Crippen molar-refractivity contribution in [2.24, 2.45) is 0 Å². The first kappa shape index (κ1) is 18.7. The van der Waals surface area contributed by atoms with Gasteiger partial charge >= 0.3 is 0 Å². The van der Waals surface area contributed by atoms with Crippen LogP contribution in [0, 0.1) is 11.6 Å². The third-order valence-electron chi connectivity index (χ3n) is 4.34. The summed E-state index contributed by atoms with van der Waals surface area (Å²) in [6.45, 7) is 2.14. The number of hydrogen-bond donors (Lipinski definition) is 1. The Kier molecular flexibility index (Phi) is 5.61. The number of halogens is 2. The third-order valence-corrected chi connectivity index (χ3v) is 4.34. The van der Waals surface area contributed by atoms with Crippen LogP contribution in [-0.2, 0) is 11.3 Å². The summed E-state index contributed by atoms with van der Waals surface area (Å²) in [4.78, 5) is 14.1. The zero-order valence-corrected chi connectivity index (χ0v) is 15.1. The predicted molar refractivity (Wildman–Crippen MR) is 99.5 cm³/mol. The van der Waals surface area contributed by atoms with Crippen LogP contribution in [0.15, 0.2) is 60.9 Å². The summed E-state index contributed by atoms with van der Waals surface area (Å²) in [7, 11) is 1.77. The van der Waals surface area contributed by atoms with E-state index in [0.29, 0.717) is 6.54 Å². The van der Waals surface area contributed by atoms with Gasteiger partial charge in [-0.1, -0.05) is 24.3 Å². The molecule has 5 nitrogen and oxygen atoms in total. The number of benzene rings is 2. The minimum atomic E-state index is -0.803. The second-order valence-corrected chi connectivity index (χ2v) is 6.31. The first-order valence-electron chi connectivity index (χ1n) is 8.50. The molecule has 2 aromatic carbocycles. The lowest BCUT2D eigenvalue weighted by molar-refractivity contribution is -0.120. The summed E-state index contributed by atoms with van der Waals surface area (Å²) in [5.74, 6) is -2.10. The van der Waals surface area contributed by atoms with Crippen molar-refractivity contribution < 1.29 is 13.6 Å². The van der Waals surface area contributed by atoms with Crippen molar-refractivity contribution in [3.63, 3.8) is 0 Å². The average Bonchev–Trinajstić information content (AvgIpc) is 3.13. The van der Waals surface area contributed by atoms with Crippen molar-refractivity contribution in [2.45, 2.75) is 19.5 Å². The van der Waals surface area contributed by atoms with Gasteiger partial charge in [-0.25, -0.2) is 13.5 Å². The average molecular weight is 370 g/mol. The molecule has 0 saturated carbocycles. The van der Waals surface area contributed by atoms with Gasteiger partial charge in [-0.2, -0.15) is 5.10 Å². The second kappa shape index (κ2) is 8.09. The van der Waals surface area contributed by atoms with Gasteiger partial charge in [0, 0.05) is 18.3 Å². The number of nitrogens with zero attached hydrogens (tertiary/aromatic N) is 3. The Hall–Kier alpha value is -3.06. The molecule has 27 heavy (non-hydrogen) atoms.